The summed E-state index contributed by atoms with van der Waals surface area (Å²) in [5, 5.41) is 24.6. The quantitative estimate of drug-likeness (QED) is 0.785. The summed E-state index contributed by atoms with van der Waals surface area (Å²) in [4.78, 5) is 11.8. The summed E-state index contributed by atoms with van der Waals surface area (Å²) in [6, 6.07) is 17.2. The fourth-order valence-electron chi connectivity index (χ4n) is 2.89. The summed E-state index contributed by atoms with van der Waals surface area (Å²) in [5.74, 6) is 0. The lowest BCUT2D eigenvalue weighted by molar-refractivity contribution is -0.0290. The Labute approximate surface area is 147 Å². The first-order chi connectivity index (χ1) is 12.1. The molecule has 2 aromatic carbocycles. The maximum atomic E-state index is 11.8. The molecular weight excluding hydrogens is 314 g/mol. The van der Waals surface area contributed by atoms with Crippen molar-refractivity contribution >= 4 is 6.03 Å². The highest BCUT2D eigenvalue weighted by Gasteiger charge is 2.34. The highest BCUT2D eigenvalue weighted by Crippen LogP contribution is 2.30. The summed E-state index contributed by atoms with van der Waals surface area (Å²) < 4.78 is 0. The minimum Gasteiger partial charge on any atom is -0.388 e. The zero-order chi connectivity index (χ0) is 17.7. The maximum Gasteiger partial charge on any atom is 0.315 e. The summed E-state index contributed by atoms with van der Waals surface area (Å²) >= 11 is 0. The van der Waals surface area contributed by atoms with Gasteiger partial charge in [0.05, 0.1) is 17.2 Å². The molecule has 128 valence electrons. The molecule has 3 rings (SSSR count). The SMILES string of the molecule is N#Cc1ccccc1-c1ccc(CNC(=O)NCC2(O)CCC2)cc1. The Bertz CT molecular complexity index is 789. The Morgan fingerprint density at radius 1 is 1.12 bits per heavy atom. The number of nitriles is 1. The van der Waals surface area contributed by atoms with Crippen molar-refractivity contribution in [2.24, 2.45) is 0 Å². The number of hydrogen-bond donors (Lipinski definition) is 3. The van der Waals surface area contributed by atoms with Crippen LogP contribution in [0.15, 0.2) is 48.5 Å². The first kappa shape index (κ1) is 17.0. The van der Waals surface area contributed by atoms with Gasteiger partial charge >= 0.3 is 6.03 Å². The van der Waals surface area contributed by atoms with E-state index in [0.717, 1.165) is 36.0 Å². The van der Waals surface area contributed by atoms with Gasteiger partial charge in [-0.05, 0) is 42.0 Å². The first-order valence-electron chi connectivity index (χ1n) is 8.42. The van der Waals surface area contributed by atoms with E-state index in [1.165, 1.54) is 0 Å². The minimum atomic E-state index is -0.715. The van der Waals surface area contributed by atoms with Gasteiger partial charge in [0.25, 0.3) is 0 Å². The average Bonchev–Trinajstić information content (AvgIpc) is 2.63. The Hall–Kier alpha value is -2.84. The summed E-state index contributed by atoms with van der Waals surface area (Å²) in [5.41, 5.74) is 2.76. The first-order valence-corrected chi connectivity index (χ1v) is 8.42. The molecule has 0 aromatic heterocycles. The van der Waals surface area contributed by atoms with E-state index in [1.54, 1.807) is 6.07 Å². The van der Waals surface area contributed by atoms with Crippen LogP contribution in [0.4, 0.5) is 4.79 Å². The van der Waals surface area contributed by atoms with E-state index < -0.39 is 5.60 Å². The van der Waals surface area contributed by atoms with Crippen LogP contribution >= 0.6 is 0 Å². The van der Waals surface area contributed by atoms with E-state index in [0.29, 0.717) is 18.7 Å². The molecule has 1 saturated carbocycles. The van der Waals surface area contributed by atoms with Gasteiger partial charge in [-0.15, -0.1) is 0 Å². The summed E-state index contributed by atoms with van der Waals surface area (Å²) in [6.07, 6.45) is 2.51. The third kappa shape index (κ3) is 4.17. The van der Waals surface area contributed by atoms with Crippen molar-refractivity contribution in [1.82, 2.24) is 10.6 Å². The predicted octanol–water partition coefficient (Wildman–Crippen LogP) is 2.94. The Morgan fingerprint density at radius 2 is 1.84 bits per heavy atom. The van der Waals surface area contributed by atoms with Gasteiger partial charge in [-0.3, -0.25) is 0 Å². The molecule has 0 spiro atoms. The lowest BCUT2D eigenvalue weighted by Gasteiger charge is -2.36. The van der Waals surface area contributed by atoms with E-state index in [-0.39, 0.29) is 6.03 Å². The van der Waals surface area contributed by atoms with Gasteiger partial charge in [-0.1, -0.05) is 42.5 Å². The normalized spacial score (nSPS) is 14.9. The highest BCUT2D eigenvalue weighted by molar-refractivity contribution is 5.74. The molecule has 2 amide bonds. The van der Waals surface area contributed by atoms with Crippen molar-refractivity contribution in [3.63, 3.8) is 0 Å². The third-order valence-electron chi connectivity index (χ3n) is 4.63. The third-order valence-corrected chi connectivity index (χ3v) is 4.63. The molecule has 3 N–H and O–H groups in total. The summed E-state index contributed by atoms with van der Waals surface area (Å²) in [6.45, 7) is 0.702. The van der Waals surface area contributed by atoms with E-state index in [1.807, 2.05) is 42.5 Å². The molecule has 2 aromatic rings. The van der Waals surface area contributed by atoms with Crippen LogP contribution in [0.3, 0.4) is 0 Å². The van der Waals surface area contributed by atoms with Gasteiger partial charge in [0.15, 0.2) is 0 Å². The number of urea groups is 1. The molecule has 0 bridgehead atoms. The largest absolute Gasteiger partial charge is 0.388 e. The van der Waals surface area contributed by atoms with Gasteiger partial charge in [-0.2, -0.15) is 5.26 Å². The van der Waals surface area contributed by atoms with E-state index in [4.69, 9.17) is 0 Å². The molecule has 5 heteroatoms. The van der Waals surface area contributed by atoms with E-state index in [2.05, 4.69) is 16.7 Å². The lowest BCUT2D eigenvalue weighted by atomic mass is 9.80. The van der Waals surface area contributed by atoms with Gasteiger partial charge < -0.3 is 15.7 Å². The second-order valence-corrected chi connectivity index (χ2v) is 6.47. The number of carbonyl (C=O) groups is 1. The van der Waals surface area contributed by atoms with Crippen LogP contribution in [0.2, 0.25) is 0 Å². The number of nitrogens with one attached hydrogen (secondary N) is 2. The smallest absolute Gasteiger partial charge is 0.315 e. The molecule has 25 heavy (non-hydrogen) atoms. The number of aliphatic hydroxyl groups is 1. The maximum absolute atomic E-state index is 11.8. The zero-order valence-corrected chi connectivity index (χ0v) is 14.0. The van der Waals surface area contributed by atoms with Crippen LogP contribution in [0.5, 0.6) is 0 Å². The van der Waals surface area contributed by atoms with Crippen LogP contribution in [-0.4, -0.2) is 23.3 Å². The van der Waals surface area contributed by atoms with Crippen LogP contribution in [0.1, 0.15) is 30.4 Å². The monoisotopic (exact) mass is 335 g/mol. The molecule has 1 aliphatic carbocycles. The zero-order valence-electron chi connectivity index (χ0n) is 14.0. The number of hydrogen-bond acceptors (Lipinski definition) is 3. The fraction of sp³-hybridized carbons (Fsp3) is 0.300. The van der Waals surface area contributed by atoms with Gasteiger partial charge in [0.1, 0.15) is 0 Å². The molecule has 0 heterocycles. The Morgan fingerprint density at radius 3 is 2.48 bits per heavy atom. The van der Waals surface area contributed by atoms with Crippen LogP contribution in [-0.2, 0) is 6.54 Å². The van der Waals surface area contributed by atoms with Crippen molar-refractivity contribution in [1.29, 1.82) is 5.26 Å². The number of rotatable bonds is 5. The van der Waals surface area contributed by atoms with Crippen molar-refractivity contribution in [2.75, 3.05) is 6.54 Å². The van der Waals surface area contributed by atoms with Gasteiger partial charge in [0, 0.05) is 13.1 Å². The van der Waals surface area contributed by atoms with E-state index in [9.17, 15) is 15.2 Å². The molecule has 0 aliphatic heterocycles. The minimum absolute atomic E-state index is 0.278. The Balaban J connectivity index is 1.54. The standard InChI is InChI=1S/C20H21N3O2/c21-12-17-4-1-2-5-18(17)16-8-6-15(7-9-16)13-22-19(24)23-14-20(25)10-3-11-20/h1-2,4-9,25H,3,10-11,13-14H2,(H2,22,23,24). The number of amides is 2. The highest BCUT2D eigenvalue weighted by atomic mass is 16.3. The second kappa shape index (κ2) is 7.37. The van der Waals surface area contributed by atoms with Crippen molar-refractivity contribution in [3.8, 4) is 17.2 Å². The van der Waals surface area contributed by atoms with Crippen molar-refractivity contribution in [3.05, 3.63) is 59.7 Å². The number of benzene rings is 2. The van der Waals surface area contributed by atoms with Crippen LogP contribution in [0, 0.1) is 11.3 Å². The summed E-state index contributed by atoms with van der Waals surface area (Å²) in [7, 11) is 0. The van der Waals surface area contributed by atoms with Gasteiger partial charge in [0.2, 0.25) is 0 Å². The molecule has 1 fully saturated rings. The fourth-order valence-corrected chi connectivity index (χ4v) is 2.89. The molecule has 5 nitrogen and oxygen atoms in total. The van der Waals surface area contributed by atoms with Crippen LogP contribution in [0.25, 0.3) is 11.1 Å². The lowest BCUT2D eigenvalue weighted by Crippen LogP contribution is -2.49. The van der Waals surface area contributed by atoms with Crippen molar-refractivity contribution < 1.29 is 9.90 Å². The molecule has 0 saturated heterocycles. The molecular formula is C20H21N3O2. The number of nitrogens with zero attached hydrogens (tertiary/aromatic N) is 1. The van der Waals surface area contributed by atoms with Gasteiger partial charge in [-0.25, -0.2) is 4.79 Å². The Kier molecular flexibility index (Phi) is 5.01. The predicted molar refractivity (Wildman–Crippen MR) is 95.6 cm³/mol. The van der Waals surface area contributed by atoms with Crippen LogP contribution < -0.4 is 10.6 Å². The molecule has 0 atom stereocenters. The second-order valence-electron chi connectivity index (χ2n) is 6.47. The number of carbonyl (C=O) groups excluding carboxylic acids is 1. The molecule has 0 unspecified atom stereocenters. The molecule has 0 radical (unpaired) electrons. The average molecular weight is 335 g/mol. The van der Waals surface area contributed by atoms with Crippen molar-refractivity contribution in [2.45, 2.75) is 31.4 Å². The molecule has 1 aliphatic rings. The topological polar surface area (TPSA) is 85.2 Å². The van der Waals surface area contributed by atoms with E-state index >= 15 is 0 Å².